The van der Waals surface area contributed by atoms with E-state index in [0.717, 1.165) is 3.79 Å². The van der Waals surface area contributed by atoms with Gasteiger partial charge in [-0.1, -0.05) is 0 Å². The molecule has 1 N–H and O–H groups in total. The molecule has 2 aromatic heterocycles. The number of sulfonamides is 1. The first-order valence-electron chi connectivity index (χ1n) is 4.55. The zero-order valence-electron chi connectivity index (χ0n) is 8.71. The first-order valence-corrected chi connectivity index (χ1v) is 7.65. The van der Waals surface area contributed by atoms with E-state index in [2.05, 4.69) is 30.8 Å². The molecule has 0 aromatic carbocycles. The summed E-state index contributed by atoms with van der Waals surface area (Å²) >= 11 is 4.63. The maximum absolute atomic E-state index is 12.0. The van der Waals surface area contributed by atoms with E-state index >= 15 is 0 Å². The van der Waals surface area contributed by atoms with Gasteiger partial charge in [0.15, 0.2) is 5.82 Å². The predicted octanol–water partition coefficient (Wildman–Crippen LogP) is 2.41. The molecule has 2 aromatic rings. The fourth-order valence-electron chi connectivity index (χ4n) is 1.25. The Kier molecular flexibility index (Phi) is 3.45. The molecule has 0 atom stereocenters. The number of hydrogen-bond donors (Lipinski definition) is 1. The molecule has 0 aliphatic carbocycles. The molecule has 0 spiro atoms. The lowest BCUT2D eigenvalue weighted by atomic mass is 10.5. The van der Waals surface area contributed by atoms with Crippen molar-refractivity contribution in [1.82, 2.24) is 10.2 Å². The van der Waals surface area contributed by atoms with Crippen molar-refractivity contribution < 1.29 is 8.42 Å². The second-order valence-corrected chi connectivity index (χ2v) is 7.47. The SMILES string of the molecule is Cc1sc(Br)cc1S(=O)(=O)Nc1cccnn1. The van der Waals surface area contributed by atoms with Crippen LogP contribution >= 0.6 is 27.3 Å². The third kappa shape index (κ3) is 2.82. The van der Waals surface area contributed by atoms with E-state index in [1.807, 2.05) is 0 Å². The van der Waals surface area contributed by atoms with Gasteiger partial charge in [0.25, 0.3) is 10.0 Å². The lowest BCUT2D eigenvalue weighted by Gasteiger charge is -2.05. The zero-order chi connectivity index (χ0) is 12.5. The minimum Gasteiger partial charge on any atom is -0.262 e. The quantitative estimate of drug-likeness (QED) is 0.936. The van der Waals surface area contributed by atoms with Crippen LogP contribution in [0.15, 0.2) is 33.1 Å². The maximum Gasteiger partial charge on any atom is 0.264 e. The van der Waals surface area contributed by atoms with Crippen molar-refractivity contribution in [2.24, 2.45) is 0 Å². The molecular weight excluding hydrogens is 326 g/mol. The summed E-state index contributed by atoms with van der Waals surface area (Å²) < 4.78 is 27.2. The molecule has 0 radical (unpaired) electrons. The Morgan fingerprint density at radius 2 is 2.24 bits per heavy atom. The van der Waals surface area contributed by atoms with Crippen LogP contribution in [0.4, 0.5) is 5.82 Å². The molecule has 2 rings (SSSR count). The van der Waals surface area contributed by atoms with Crippen LogP contribution in [0.25, 0.3) is 0 Å². The molecule has 0 aliphatic rings. The molecule has 5 nitrogen and oxygen atoms in total. The number of aromatic nitrogens is 2. The van der Waals surface area contributed by atoms with Gasteiger partial charge in [-0.05, 0) is 41.1 Å². The molecule has 2 heterocycles. The highest BCUT2D eigenvalue weighted by molar-refractivity contribution is 9.11. The highest BCUT2D eigenvalue weighted by Crippen LogP contribution is 2.30. The summed E-state index contributed by atoms with van der Waals surface area (Å²) in [6.45, 7) is 1.75. The van der Waals surface area contributed by atoms with Gasteiger partial charge in [0.05, 0.1) is 3.79 Å². The average Bonchev–Trinajstić information content (AvgIpc) is 2.59. The van der Waals surface area contributed by atoms with Gasteiger partial charge in [-0.15, -0.1) is 16.4 Å². The van der Waals surface area contributed by atoms with Crippen LogP contribution in [0, 0.1) is 6.92 Å². The van der Waals surface area contributed by atoms with E-state index in [4.69, 9.17) is 0 Å². The first kappa shape index (κ1) is 12.5. The Hall–Kier alpha value is -0.990. The minimum absolute atomic E-state index is 0.203. The molecule has 17 heavy (non-hydrogen) atoms. The summed E-state index contributed by atoms with van der Waals surface area (Å²) in [6.07, 6.45) is 1.48. The van der Waals surface area contributed by atoms with Crippen molar-refractivity contribution in [2.45, 2.75) is 11.8 Å². The number of aryl methyl sites for hydroxylation is 1. The van der Waals surface area contributed by atoms with Crippen LogP contribution in [-0.2, 0) is 10.0 Å². The van der Waals surface area contributed by atoms with Crippen LogP contribution in [0.2, 0.25) is 0 Å². The van der Waals surface area contributed by atoms with Gasteiger partial charge in [0.1, 0.15) is 4.90 Å². The van der Waals surface area contributed by atoms with Crippen LogP contribution in [-0.4, -0.2) is 18.6 Å². The van der Waals surface area contributed by atoms with Crippen molar-refractivity contribution >= 4 is 43.1 Å². The Morgan fingerprint density at radius 3 is 2.76 bits per heavy atom. The largest absolute Gasteiger partial charge is 0.264 e. The summed E-state index contributed by atoms with van der Waals surface area (Å²) in [7, 11) is -3.60. The second kappa shape index (κ2) is 4.71. The molecule has 0 fully saturated rings. The van der Waals surface area contributed by atoms with Gasteiger partial charge in [0.2, 0.25) is 0 Å². The summed E-state index contributed by atoms with van der Waals surface area (Å²) in [5.74, 6) is 0.203. The molecule has 0 amide bonds. The van der Waals surface area contributed by atoms with Crippen molar-refractivity contribution in [3.63, 3.8) is 0 Å². The monoisotopic (exact) mass is 333 g/mol. The van der Waals surface area contributed by atoms with Crippen LogP contribution in [0.3, 0.4) is 0 Å². The topological polar surface area (TPSA) is 72.0 Å². The van der Waals surface area contributed by atoms with Crippen molar-refractivity contribution in [3.05, 3.63) is 33.1 Å². The molecule has 0 bridgehead atoms. The van der Waals surface area contributed by atoms with Gasteiger partial charge in [-0.25, -0.2) is 8.42 Å². The third-order valence-electron chi connectivity index (χ3n) is 1.94. The molecule has 0 unspecified atom stereocenters. The number of rotatable bonds is 3. The van der Waals surface area contributed by atoms with E-state index in [1.165, 1.54) is 17.5 Å². The van der Waals surface area contributed by atoms with E-state index < -0.39 is 10.0 Å². The molecule has 0 aliphatic heterocycles. The number of nitrogens with zero attached hydrogens (tertiary/aromatic N) is 2. The maximum atomic E-state index is 12.0. The molecule has 8 heteroatoms. The molecule has 90 valence electrons. The molecular formula is C9H8BrN3O2S2. The van der Waals surface area contributed by atoms with Gasteiger partial charge < -0.3 is 0 Å². The normalized spacial score (nSPS) is 11.4. The van der Waals surface area contributed by atoms with Crippen molar-refractivity contribution in [1.29, 1.82) is 0 Å². The Morgan fingerprint density at radius 1 is 1.47 bits per heavy atom. The zero-order valence-corrected chi connectivity index (χ0v) is 11.9. The summed E-state index contributed by atoms with van der Waals surface area (Å²) in [4.78, 5) is 0.966. The van der Waals surface area contributed by atoms with E-state index in [0.29, 0.717) is 4.88 Å². The van der Waals surface area contributed by atoms with Crippen molar-refractivity contribution in [2.75, 3.05) is 4.72 Å². The van der Waals surface area contributed by atoms with E-state index in [1.54, 1.807) is 25.1 Å². The summed E-state index contributed by atoms with van der Waals surface area (Å²) in [5.41, 5.74) is 0. The Labute approximate surface area is 111 Å². The first-order chi connectivity index (χ1) is 7.99. The van der Waals surface area contributed by atoms with Crippen LogP contribution in [0.1, 0.15) is 4.88 Å². The van der Waals surface area contributed by atoms with Gasteiger partial charge in [0, 0.05) is 11.1 Å². The molecule has 0 saturated heterocycles. The number of halogens is 1. The van der Waals surface area contributed by atoms with Gasteiger partial charge >= 0.3 is 0 Å². The predicted molar refractivity (Wildman–Crippen MR) is 69.6 cm³/mol. The van der Waals surface area contributed by atoms with Gasteiger partial charge in [-0.3, -0.25) is 4.72 Å². The lowest BCUT2D eigenvalue weighted by molar-refractivity contribution is 0.601. The Balaban J connectivity index is 2.35. The second-order valence-electron chi connectivity index (χ2n) is 3.19. The fraction of sp³-hybridized carbons (Fsp3) is 0.111. The highest BCUT2D eigenvalue weighted by atomic mass is 79.9. The number of anilines is 1. The highest BCUT2D eigenvalue weighted by Gasteiger charge is 2.19. The lowest BCUT2D eigenvalue weighted by Crippen LogP contribution is -2.14. The molecule has 0 saturated carbocycles. The number of thiophene rings is 1. The van der Waals surface area contributed by atoms with Crippen LogP contribution < -0.4 is 4.72 Å². The fourth-order valence-corrected chi connectivity index (χ4v) is 4.66. The van der Waals surface area contributed by atoms with E-state index in [9.17, 15) is 8.42 Å². The van der Waals surface area contributed by atoms with E-state index in [-0.39, 0.29) is 10.7 Å². The smallest absolute Gasteiger partial charge is 0.262 e. The summed E-state index contributed by atoms with van der Waals surface area (Å²) in [6, 6.07) is 4.72. The third-order valence-corrected chi connectivity index (χ3v) is 5.11. The minimum atomic E-state index is -3.60. The van der Waals surface area contributed by atoms with Gasteiger partial charge in [-0.2, -0.15) is 5.10 Å². The Bertz CT molecular complexity index is 625. The number of nitrogens with one attached hydrogen (secondary N) is 1. The summed E-state index contributed by atoms with van der Waals surface area (Å²) in [5, 5.41) is 7.28. The van der Waals surface area contributed by atoms with Crippen molar-refractivity contribution in [3.8, 4) is 0 Å². The average molecular weight is 334 g/mol. The standard InChI is InChI=1S/C9H8BrN3O2S2/c1-6-7(5-8(10)16-6)17(14,15)13-9-3-2-4-11-12-9/h2-5H,1H3,(H,12,13). The van der Waals surface area contributed by atoms with Crippen LogP contribution in [0.5, 0.6) is 0 Å². The number of hydrogen-bond acceptors (Lipinski definition) is 5.